The Morgan fingerprint density at radius 3 is 2.53 bits per heavy atom. The summed E-state index contributed by atoms with van der Waals surface area (Å²) >= 11 is 0. The Morgan fingerprint density at radius 1 is 1.03 bits per heavy atom. The third kappa shape index (κ3) is 8.00. The monoisotopic (exact) mass is 531 g/mol. The number of aromatic nitrogens is 3. The molecular formula is C25H28F3N7O3. The van der Waals surface area contributed by atoms with E-state index in [9.17, 15) is 23.3 Å². The number of halogens is 3. The molecule has 0 bridgehead atoms. The van der Waals surface area contributed by atoms with Gasteiger partial charge < -0.3 is 20.7 Å². The molecule has 13 heteroatoms. The van der Waals surface area contributed by atoms with Crippen LogP contribution in [0.25, 0.3) is 0 Å². The van der Waals surface area contributed by atoms with Gasteiger partial charge >= 0.3 is 12.0 Å². The van der Waals surface area contributed by atoms with Gasteiger partial charge in [0, 0.05) is 43.6 Å². The van der Waals surface area contributed by atoms with Crippen LogP contribution in [-0.2, 0) is 13.1 Å². The van der Waals surface area contributed by atoms with Crippen LogP contribution in [0.5, 0.6) is 5.75 Å². The molecule has 3 N–H and O–H groups in total. The first-order valence-corrected chi connectivity index (χ1v) is 12.2. The normalized spacial score (nSPS) is 17.6. The zero-order chi connectivity index (χ0) is 27.0. The van der Waals surface area contributed by atoms with Gasteiger partial charge in [-0.3, -0.25) is 15.1 Å². The van der Waals surface area contributed by atoms with E-state index in [2.05, 4.69) is 35.6 Å². The average Bonchev–Trinajstić information content (AvgIpc) is 2.90. The molecule has 202 valence electrons. The van der Waals surface area contributed by atoms with Gasteiger partial charge in [0.2, 0.25) is 11.8 Å². The van der Waals surface area contributed by atoms with Gasteiger partial charge in [0.1, 0.15) is 11.9 Å². The van der Waals surface area contributed by atoms with Crippen LogP contribution in [-0.4, -0.2) is 38.8 Å². The summed E-state index contributed by atoms with van der Waals surface area (Å²) in [5.74, 6) is 0.0782. The molecule has 1 saturated carbocycles. The fourth-order valence-corrected chi connectivity index (χ4v) is 4.35. The zero-order valence-corrected chi connectivity index (χ0v) is 20.4. The Bertz CT molecular complexity index is 1210. The second-order valence-electron chi connectivity index (χ2n) is 9.03. The zero-order valence-electron chi connectivity index (χ0n) is 20.4. The van der Waals surface area contributed by atoms with Crippen LogP contribution in [0.15, 0.2) is 55.0 Å². The molecule has 0 spiro atoms. The highest BCUT2D eigenvalue weighted by Gasteiger charge is 2.32. The second-order valence-corrected chi connectivity index (χ2v) is 9.03. The van der Waals surface area contributed by atoms with E-state index < -0.39 is 11.3 Å². The molecule has 2 aromatic heterocycles. The van der Waals surface area contributed by atoms with E-state index in [1.807, 2.05) is 18.3 Å². The highest BCUT2D eigenvalue weighted by atomic mass is 19.4. The van der Waals surface area contributed by atoms with E-state index in [-0.39, 0.29) is 35.3 Å². The minimum absolute atomic E-state index is 0.0446. The van der Waals surface area contributed by atoms with Gasteiger partial charge in [0.05, 0.1) is 4.92 Å². The maximum absolute atomic E-state index is 12.7. The Kier molecular flexibility index (Phi) is 8.89. The van der Waals surface area contributed by atoms with Crippen molar-refractivity contribution in [2.45, 2.75) is 51.2 Å². The van der Waals surface area contributed by atoms with Crippen LogP contribution in [0.3, 0.4) is 0 Å². The van der Waals surface area contributed by atoms with E-state index >= 15 is 0 Å². The summed E-state index contributed by atoms with van der Waals surface area (Å²) < 4.78 is 42.1. The van der Waals surface area contributed by atoms with Crippen LogP contribution in [0.2, 0.25) is 0 Å². The molecule has 0 unspecified atom stereocenters. The molecule has 0 atom stereocenters. The van der Waals surface area contributed by atoms with Crippen LogP contribution in [0.1, 0.15) is 36.8 Å². The molecule has 4 rings (SSSR count). The molecule has 0 aliphatic heterocycles. The summed E-state index contributed by atoms with van der Waals surface area (Å²) in [6, 6.07) is 10.0. The number of nitrogens with zero attached hydrogens (tertiary/aromatic N) is 4. The lowest BCUT2D eigenvalue weighted by Gasteiger charge is -2.29. The Hall–Kier alpha value is -4.00. The quantitative estimate of drug-likeness (QED) is 0.230. The lowest BCUT2D eigenvalue weighted by Crippen LogP contribution is -2.34. The van der Waals surface area contributed by atoms with Crippen molar-refractivity contribution in [2.75, 3.05) is 17.2 Å². The number of nitro groups is 1. The molecule has 1 aromatic carbocycles. The van der Waals surface area contributed by atoms with Gasteiger partial charge in [-0.25, -0.2) is 4.98 Å². The van der Waals surface area contributed by atoms with Crippen molar-refractivity contribution in [1.82, 2.24) is 20.3 Å². The molecule has 3 aromatic rings. The van der Waals surface area contributed by atoms with Crippen molar-refractivity contribution >= 4 is 17.5 Å². The van der Waals surface area contributed by atoms with Gasteiger partial charge in [-0.05, 0) is 49.3 Å². The van der Waals surface area contributed by atoms with E-state index in [1.54, 1.807) is 12.3 Å². The number of hydrogen-bond donors (Lipinski definition) is 3. The lowest BCUT2D eigenvalue weighted by atomic mass is 9.86. The van der Waals surface area contributed by atoms with Crippen LogP contribution < -0.4 is 20.7 Å². The number of pyridine rings is 1. The van der Waals surface area contributed by atoms with Crippen molar-refractivity contribution in [1.29, 1.82) is 0 Å². The molecular weight excluding hydrogens is 503 g/mol. The van der Waals surface area contributed by atoms with Gasteiger partial charge in [-0.1, -0.05) is 24.3 Å². The predicted octanol–water partition coefficient (Wildman–Crippen LogP) is 5.05. The summed E-state index contributed by atoms with van der Waals surface area (Å²) in [5, 5.41) is 21.0. The molecule has 0 radical (unpaired) electrons. The number of rotatable bonds is 11. The summed E-state index contributed by atoms with van der Waals surface area (Å²) in [5.41, 5.74) is 1.09. The number of hydrogen-bond acceptors (Lipinski definition) is 9. The third-order valence-electron chi connectivity index (χ3n) is 6.32. The highest BCUT2D eigenvalue weighted by molar-refractivity contribution is 5.57. The van der Waals surface area contributed by atoms with Crippen LogP contribution in [0.4, 0.5) is 30.6 Å². The van der Waals surface area contributed by atoms with E-state index in [0.717, 1.165) is 44.0 Å². The SMILES string of the molecule is O=[N+]([O-])c1cnc(NCc2ccccc2OC(F)(F)F)nc1NC[C@H]1CC[C@H](NCc2cccnc2)CC1. The molecule has 2 heterocycles. The molecule has 1 aliphatic carbocycles. The summed E-state index contributed by atoms with van der Waals surface area (Å²) in [7, 11) is 0. The van der Waals surface area contributed by atoms with Crippen LogP contribution >= 0.6 is 0 Å². The van der Waals surface area contributed by atoms with Crippen LogP contribution in [0, 0.1) is 16.0 Å². The second kappa shape index (κ2) is 12.5. The Balaban J connectivity index is 1.31. The first kappa shape index (κ1) is 27.0. The van der Waals surface area contributed by atoms with Gasteiger partial charge in [0.25, 0.3) is 0 Å². The fraction of sp³-hybridized carbons (Fsp3) is 0.400. The van der Waals surface area contributed by atoms with Crippen molar-refractivity contribution < 1.29 is 22.8 Å². The minimum atomic E-state index is -4.83. The molecule has 0 saturated heterocycles. The first-order chi connectivity index (χ1) is 18.3. The molecule has 38 heavy (non-hydrogen) atoms. The predicted molar refractivity (Wildman–Crippen MR) is 134 cm³/mol. The van der Waals surface area contributed by atoms with Crippen molar-refractivity contribution in [3.8, 4) is 5.75 Å². The summed E-state index contributed by atoms with van der Waals surface area (Å²) in [6.07, 6.45) is 3.73. The van der Waals surface area contributed by atoms with E-state index in [4.69, 9.17) is 0 Å². The number of alkyl halides is 3. The molecule has 1 aliphatic rings. The molecule has 0 amide bonds. The standard InChI is InChI=1S/C25H28F3N7O3/c26-25(27,28)38-22-6-2-1-5-19(22)15-32-24-33-16-21(35(36)37)23(34-24)31-13-17-7-9-20(10-8-17)30-14-18-4-3-11-29-12-18/h1-6,11-12,16-17,20,30H,7-10,13-15H2,(H2,31,32,33,34)/t17-,20-. The maximum Gasteiger partial charge on any atom is 0.573 e. The van der Waals surface area contributed by atoms with E-state index in [1.165, 1.54) is 18.2 Å². The lowest BCUT2D eigenvalue weighted by molar-refractivity contribution is -0.384. The Morgan fingerprint density at radius 2 is 1.82 bits per heavy atom. The summed E-state index contributed by atoms with van der Waals surface area (Å²) in [6.45, 7) is 1.20. The van der Waals surface area contributed by atoms with Gasteiger partial charge in [-0.15, -0.1) is 13.2 Å². The van der Waals surface area contributed by atoms with E-state index in [0.29, 0.717) is 18.5 Å². The van der Waals surface area contributed by atoms with Crippen molar-refractivity contribution in [3.05, 3.63) is 76.2 Å². The number of anilines is 2. The number of nitrogens with one attached hydrogen (secondary N) is 3. The smallest absolute Gasteiger partial charge is 0.405 e. The van der Waals surface area contributed by atoms with Gasteiger partial charge in [-0.2, -0.15) is 4.98 Å². The maximum atomic E-state index is 12.7. The minimum Gasteiger partial charge on any atom is -0.405 e. The molecule has 10 nitrogen and oxygen atoms in total. The average molecular weight is 532 g/mol. The number of benzene rings is 1. The summed E-state index contributed by atoms with van der Waals surface area (Å²) in [4.78, 5) is 23.2. The fourth-order valence-electron chi connectivity index (χ4n) is 4.35. The Labute approximate surface area is 217 Å². The largest absolute Gasteiger partial charge is 0.573 e. The van der Waals surface area contributed by atoms with Gasteiger partial charge in [0.15, 0.2) is 0 Å². The first-order valence-electron chi connectivity index (χ1n) is 12.2. The highest BCUT2D eigenvalue weighted by Crippen LogP contribution is 2.29. The van der Waals surface area contributed by atoms with Crippen molar-refractivity contribution in [3.63, 3.8) is 0 Å². The number of para-hydroxylation sites is 1. The topological polar surface area (TPSA) is 127 Å². The molecule has 1 fully saturated rings. The van der Waals surface area contributed by atoms with Crippen molar-refractivity contribution in [2.24, 2.45) is 5.92 Å². The third-order valence-corrected chi connectivity index (χ3v) is 6.32. The number of ether oxygens (including phenoxy) is 1.